The monoisotopic (exact) mass is 411 g/mol. The molecule has 0 spiro atoms. The van der Waals surface area contributed by atoms with Gasteiger partial charge >= 0.3 is 0 Å². The van der Waals surface area contributed by atoms with Crippen molar-refractivity contribution in [2.45, 2.75) is 22.8 Å². The van der Waals surface area contributed by atoms with E-state index in [9.17, 15) is 0 Å². The molecule has 0 bridgehead atoms. The third kappa shape index (κ3) is 6.59. The molecule has 0 aliphatic carbocycles. The number of halogens is 1. The number of hydrogen-bond donors (Lipinski definition) is 1. The van der Waals surface area contributed by atoms with Crippen LogP contribution < -0.4 is 5.32 Å². The summed E-state index contributed by atoms with van der Waals surface area (Å²) in [5, 5.41) is 4.36. The SMILES string of the molecule is C[N+](C)(CCCNc1cc(Cl)ccc1Sc1ccccc1)Cc1ccccc1. The van der Waals surface area contributed by atoms with Crippen LogP contribution in [0.4, 0.5) is 5.69 Å². The van der Waals surface area contributed by atoms with Crippen molar-refractivity contribution >= 4 is 29.1 Å². The van der Waals surface area contributed by atoms with Crippen molar-refractivity contribution < 1.29 is 4.48 Å². The van der Waals surface area contributed by atoms with Crippen molar-refractivity contribution in [1.82, 2.24) is 0 Å². The van der Waals surface area contributed by atoms with Gasteiger partial charge in [-0.1, -0.05) is 71.9 Å². The van der Waals surface area contributed by atoms with E-state index in [0.717, 1.165) is 41.2 Å². The van der Waals surface area contributed by atoms with Crippen molar-refractivity contribution in [1.29, 1.82) is 0 Å². The summed E-state index contributed by atoms with van der Waals surface area (Å²) in [5.74, 6) is 0. The van der Waals surface area contributed by atoms with Gasteiger partial charge in [0.1, 0.15) is 6.54 Å². The van der Waals surface area contributed by atoms with Gasteiger partial charge in [-0.3, -0.25) is 0 Å². The Morgan fingerprint density at radius 3 is 2.29 bits per heavy atom. The highest BCUT2D eigenvalue weighted by atomic mass is 35.5. The lowest BCUT2D eigenvalue weighted by Gasteiger charge is -2.30. The quantitative estimate of drug-likeness (QED) is 0.315. The van der Waals surface area contributed by atoms with Gasteiger partial charge in [0.05, 0.1) is 20.6 Å². The number of nitrogens with one attached hydrogen (secondary N) is 1. The summed E-state index contributed by atoms with van der Waals surface area (Å²) in [5.41, 5.74) is 2.49. The fraction of sp³-hybridized carbons (Fsp3) is 0.250. The Kier molecular flexibility index (Phi) is 7.43. The van der Waals surface area contributed by atoms with Gasteiger partial charge < -0.3 is 9.80 Å². The summed E-state index contributed by atoms with van der Waals surface area (Å²) in [6, 6.07) is 27.2. The molecule has 0 radical (unpaired) electrons. The van der Waals surface area contributed by atoms with E-state index in [0.29, 0.717) is 0 Å². The highest BCUT2D eigenvalue weighted by molar-refractivity contribution is 7.99. The van der Waals surface area contributed by atoms with Crippen molar-refractivity contribution in [2.24, 2.45) is 0 Å². The van der Waals surface area contributed by atoms with Crippen LogP contribution >= 0.6 is 23.4 Å². The van der Waals surface area contributed by atoms with Gasteiger partial charge in [0, 0.05) is 39.0 Å². The Balaban J connectivity index is 1.55. The fourth-order valence-corrected chi connectivity index (χ4v) is 4.33. The van der Waals surface area contributed by atoms with Gasteiger partial charge in [-0.15, -0.1) is 0 Å². The highest BCUT2D eigenvalue weighted by Crippen LogP contribution is 2.35. The molecule has 1 N–H and O–H groups in total. The molecule has 0 amide bonds. The Morgan fingerprint density at radius 1 is 0.893 bits per heavy atom. The van der Waals surface area contributed by atoms with Crippen LogP contribution in [0.15, 0.2) is 88.7 Å². The van der Waals surface area contributed by atoms with E-state index >= 15 is 0 Å². The minimum Gasteiger partial charge on any atom is -0.384 e. The van der Waals surface area contributed by atoms with E-state index < -0.39 is 0 Å². The molecule has 3 aromatic carbocycles. The standard InChI is InChI=1S/C24H28ClN2S/c1-27(2,19-20-10-5-3-6-11-20)17-9-16-26-23-18-21(25)14-15-24(23)28-22-12-7-4-8-13-22/h3-8,10-15,18,26H,9,16-17,19H2,1-2H3/q+1. The maximum Gasteiger partial charge on any atom is 0.104 e. The van der Waals surface area contributed by atoms with Gasteiger partial charge in [0.15, 0.2) is 0 Å². The Labute approximate surface area is 178 Å². The van der Waals surface area contributed by atoms with Gasteiger partial charge in [0.25, 0.3) is 0 Å². The van der Waals surface area contributed by atoms with Crippen LogP contribution in [0.2, 0.25) is 5.02 Å². The van der Waals surface area contributed by atoms with E-state index in [1.807, 2.05) is 18.2 Å². The second-order valence-corrected chi connectivity index (χ2v) is 9.19. The van der Waals surface area contributed by atoms with E-state index in [1.54, 1.807) is 11.8 Å². The zero-order valence-electron chi connectivity index (χ0n) is 16.6. The molecule has 0 aliphatic heterocycles. The molecule has 0 aromatic heterocycles. The number of hydrogen-bond acceptors (Lipinski definition) is 2. The molecular formula is C24H28ClN2S+. The molecule has 4 heteroatoms. The van der Waals surface area contributed by atoms with Gasteiger partial charge in [-0.25, -0.2) is 0 Å². The zero-order valence-corrected chi connectivity index (χ0v) is 18.1. The molecule has 28 heavy (non-hydrogen) atoms. The number of nitrogens with zero attached hydrogens (tertiary/aromatic N) is 1. The molecule has 0 heterocycles. The summed E-state index contributed by atoms with van der Waals surface area (Å²) in [7, 11) is 4.59. The van der Waals surface area contributed by atoms with Crippen LogP contribution in [-0.2, 0) is 6.54 Å². The highest BCUT2D eigenvalue weighted by Gasteiger charge is 2.15. The smallest absolute Gasteiger partial charge is 0.104 e. The average Bonchev–Trinajstić information content (AvgIpc) is 2.68. The Hall–Kier alpha value is -1.94. The summed E-state index contributed by atoms with van der Waals surface area (Å²) in [4.78, 5) is 2.43. The van der Waals surface area contributed by atoms with E-state index in [1.165, 1.54) is 15.4 Å². The van der Waals surface area contributed by atoms with E-state index in [4.69, 9.17) is 11.6 Å². The first-order chi connectivity index (χ1) is 13.5. The maximum atomic E-state index is 6.24. The maximum absolute atomic E-state index is 6.24. The van der Waals surface area contributed by atoms with Gasteiger partial charge in [-0.2, -0.15) is 0 Å². The summed E-state index contributed by atoms with van der Waals surface area (Å²) in [6.45, 7) is 3.09. The van der Waals surface area contributed by atoms with Crippen LogP contribution in [0, 0.1) is 0 Å². The van der Waals surface area contributed by atoms with Crippen LogP contribution in [-0.4, -0.2) is 31.7 Å². The second kappa shape index (κ2) is 10.0. The molecule has 0 atom stereocenters. The lowest BCUT2D eigenvalue weighted by Crippen LogP contribution is -2.40. The van der Waals surface area contributed by atoms with Crippen LogP contribution in [0.25, 0.3) is 0 Å². The van der Waals surface area contributed by atoms with E-state index in [-0.39, 0.29) is 0 Å². The molecule has 3 aromatic rings. The number of benzene rings is 3. The van der Waals surface area contributed by atoms with Crippen molar-refractivity contribution in [3.63, 3.8) is 0 Å². The first-order valence-corrected chi connectivity index (χ1v) is 10.8. The molecule has 2 nitrogen and oxygen atoms in total. The van der Waals surface area contributed by atoms with Crippen molar-refractivity contribution in [3.05, 3.63) is 89.4 Å². The first kappa shape index (κ1) is 20.8. The molecule has 3 rings (SSSR count). The van der Waals surface area contributed by atoms with Crippen molar-refractivity contribution in [2.75, 3.05) is 32.5 Å². The fourth-order valence-electron chi connectivity index (χ4n) is 3.23. The second-order valence-electron chi connectivity index (χ2n) is 7.64. The molecule has 146 valence electrons. The van der Waals surface area contributed by atoms with Crippen molar-refractivity contribution in [3.8, 4) is 0 Å². The number of quaternary nitrogens is 1. The molecular weight excluding hydrogens is 384 g/mol. The van der Waals surface area contributed by atoms with E-state index in [2.05, 4.69) is 80.1 Å². The average molecular weight is 412 g/mol. The zero-order chi connectivity index (χ0) is 19.8. The predicted octanol–water partition coefficient (Wildman–Crippen LogP) is 6.57. The Morgan fingerprint density at radius 2 is 1.57 bits per heavy atom. The predicted molar refractivity (Wildman–Crippen MR) is 122 cm³/mol. The topological polar surface area (TPSA) is 12.0 Å². The largest absolute Gasteiger partial charge is 0.384 e. The van der Waals surface area contributed by atoms with Crippen LogP contribution in [0.1, 0.15) is 12.0 Å². The van der Waals surface area contributed by atoms with Gasteiger partial charge in [-0.05, 0) is 30.3 Å². The summed E-state index contributed by atoms with van der Waals surface area (Å²) >= 11 is 8.01. The lowest BCUT2D eigenvalue weighted by atomic mass is 10.2. The molecule has 0 saturated carbocycles. The Bertz CT molecular complexity index is 866. The van der Waals surface area contributed by atoms with Crippen LogP contribution in [0.5, 0.6) is 0 Å². The minimum absolute atomic E-state index is 0.764. The third-order valence-corrected chi connectivity index (χ3v) is 5.94. The minimum atomic E-state index is 0.764. The van der Waals surface area contributed by atoms with Gasteiger partial charge in [0.2, 0.25) is 0 Å². The van der Waals surface area contributed by atoms with Crippen LogP contribution in [0.3, 0.4) is 0 Å². The summed E-state index contributed by atoms with van der Waals surface area (Å²) < 4.78 is 0.979. The lowest BCUT2D eigenvalue weighted by molar-refractivity contribution is -0.903. The summed E-state index contributed by atoms with van der Waals surface area (Å²) in [6.07, 6.45) is 1.10. The molecule has 0 saturated heterocycles. The number of anilines is 1. The molecule has 0 aliphatic rings. The molecule has 0 fully saturated rings. The normalized spacial score (nSPS) is 11.4. The first-order valence-electron chi connectivity index (χ1n) is 9.64. The number of rotatable bonds is 9. The third-order valence-electron chi connectivity index (χ3n) is 4.62. The molecule has 0 unspecified atom stereocenters.